The summed E-state index contributed by atoms with van der Waals surface area (Å²) in [6.45, 7) is 3.39. The van der Waals surface area contributed by atoms with Gasteiger partial charge in [-0.25, -0.2) is 9.37 Å². The molecule has 1 spiro atoms. The second kappa shape index (κ2) is 6.47. The molecular weight excluding hydrogens is 317 g/mol. The number of anilines is 1. The molecule has 4 nitrogen and oxygen atoms in total. The average Bonchev–Trinajstić information content (AvgIpc) is 3.05. The summed E-state index contributed by atoms with van der Waals surface area (Å²) < 4.78 is 13.4. The lowest BCUT2D eigenvalue weighted by atomic mass is 9.79. The molecule has 0 aliphatic carbocycles. The van der Waals surface area contributed by atoms with E-state index in [1.165, 1.54) is 12.1 Å². The zero-order valence-corrected chi connectivity index (χ0v) is 14.2. The number of aromatic nitrogens is 1. The molecule has 1 aromatic carbocycles. The van der Waals surface area contributed by atoms with Gasteiger partial charge in [0.15, 0.2) is 0 Å². The van der Waals surface area contributed by atoms with Gasteiger partial charge in [-0.15, -0.1) is 0 Å². The zero-order chi connectivity index (χ0) is 17.3. The first-order chi connectivity index (χ1) is 12.2. The number of piperidine rings is 1. The summed E-state index contributed by atoms with van der Waals surface area (Å²) in [5.41, 5.74) is 0.565. The van der Waals surface area contributed by atoms with Gasteiger partial charge < -0.3 is 9.80 Å². The summed E-state index contributed by atoms with van der Waals surface area (Å²) in [5.74, 6) is 0.586. The van der Waals surface area contributed by atoms with Crippen molar-refractivity contribution in [3.8, 4) is 0 Å². The SMILES string of the molecule is O=C(c1cccc(F)c1)N1CCC[C@@]2(CCN(c3ccccn3)C2)C1. The minimum atomic E-state index is -0.361. The van der Waals surface area contributed by atoms with E-state index in [2.05, 4.69) is 9.88 Å². The van der Waals surface area contributed by atoms with Gasteiger partial charge in [-0.3, -0.25) is 4.79 Å². The predicted molar refractivity (Wildman–Crippen MR) is 95.0 cm³/mol. The van der Waals surface area contributed by atoms with Crippen molar-refractivity contribution in [1.29, 1.82) is 0 Å². The van der Waals surface area contributed by atoms with E-state index in [0.717, 1.165) is 51.3 Å². The van der Waals surface area contributed by atoms with Gasteiger partial charge >= 0.3 is 0 Å². The third-order valence-electron chi connectivity index (χ3n) is 5.43. The first kappa shape index (κ1) is 16.1. The van der Waals surface area contributed by atoms with Crippen molar-refractivity contribution in [2.75, 3.05) is 31.1 Å². The Morgan fingerprint density at radius 2 is 2.00 bits per heavy atom. The highest BCUT2D eigenvalue weighted by molar-refractivity contribution is 5.94. The third kappa shape index (κ3) is 3.23. The van der Waals surface area contributed by atoms with E-state index in [1.807, 2.05) is 29.3 Å². The normalized spacial score (nSPS) is 23.2. The minimum Gasteiger partial charge on any atom is -0.356 e. The molecule has 2 aromatic rings. The van der Waals surface area contributed by atoms with Crippen LogP contribution in [0.1, 0.15) is 29.6 Å². The first-order valence-corrected chi connectivity index (χ1v) is 8.86. The Bertz CT molecular complexity index is 767. The molecular formula is C20H22FN3O. The highest BCUT2D eigenvalue weighted by Crippen LogP contribution is 2.40. The Morgan fingerprint density at radius 1 is 1.08 bits per heavy atom. The number of nitrogens with zero attached hydrogens (tertiary/aromatic N) is 3. The summed E-state index contributed by atoms with van der Waals surface area (Å²) in [6.07, 6.45) is 5.01. The fourth-order valence-electron chi connectivity index (χ4n) is 4.19. The number of carbonyl (C=O) groups excluding carboxylic acids is 1. The Hall–Kier alpha value is -2.43. The molecule has 4 rings (SSSR count). The lowest BCUT2D eigenvalue weighted by Crippen LogP contribution is -2.47. The highest BCUT2D eigenvalue weighted by Gasteiger charge is 2.42. The highest BCUT2D eigenvalue weighted by atomic mass is 19.1. The van der Waals surface area contributed by atoms with Gasteiger partial charge in [0.2, 0.25) is 0 Å². The van der Waals surface area contributed by atoms with E-state index in [1.54, 1.807) is 12.1 Å². The molecule has 1 amide bonds. The molecule has 2 aliphatic heterocycles. The first-order valence-electron chi connectivity index (χ1n) is 8.86. The molecule has 0 N–H and O–H groups in total. The molecule has 2 aliphatic rings. The number of carbonyl (C=O) groups is 1. The van der Waals surface area contributed by atoms with Crippen LogP contribution in [0, 0.1) is 11.2 Å². The second-order valence-corrected chi connectivity index (χ2v) is 7.20. The van der Waals surface area contributed by atoms with Crippen LogP contribution in [0.4, 0.5) is 10.2 Å². The van der Waals surface area contributed by atoms with E-state index in [-0.39, 0.29) is 17.1 Å². The predicted octanol–water partition coefficient (Wildman–Crippen LogP) is 3.35. The monoisotopic (exact) mass is 339 g/mol. The van der Waals surface area contributed by atoms with Gasteiger partial charge in [0, 0.05) is 43.4 Å². The zero-order valence-electron chi connectivity index (χ0n) is 14.2. The van der Waals surface area contributed by atoms with Crippen molar-refractivity contribution in [2.45, 2.75) is 19.3 Å². The largest absolute Gasteiger partial charge is 0.356 e. The van der Waals surface area contributed by atoms with E-state index in [0.29, 0.717) is 5.56 Å². The van der Waals surface area contributed by atoms with Gasteiger partial charge in [0.25, 0.3) is 5.91 Å². The maximum atomic E-state index is 13.4. The molecule has 3 heterocycles. The van der Waals surface area contributed by atoms with Crippen molar-refractivity contribution >= 4 is 11.7 Å². The number of pyridine rings is 1. The van der Waals surface area contributed by atoms with Gasteiger partial charge in [-0.1, -0.05) is 12.1 Å². The summed E-state index contributed by atoms with van der Waals surface area (Å²) in [4.78, 5) is 21.4. The summed E-state index contributed by atoms with van der Waals surface area (Å²) >= 11 is 0. The van der Waals surface area contributed by atoms with Gasteiger partial charge in [-0.05, 0) is 49.6 Å². The number of amides is 1. The van der Waals surface area contributed by atoms with Crippen LogP contribution in [0.2, 0.25) is 0 Å². The Morgan fingerprint density at radius 3 is 2.80 bits per heavy atom. The van der Waals surface area contributed by atoms with E-state index in [4.69, 9.17) is 0 Å². The Balaban J connectivity index is 1.49. The minimum absolute atomic E-state index is 0.0603. The van der Waals surface area contributed by atoms with Crippen LogP contribution >= 0.6 is 0 Å². The maximum Gasteiger partial charge on any atom is 0.253 e. The molecule has 5 heteroatoms. The molecule has 1 aromatic heterocycles. The lowest BCUT2D eigenvalue weighted by Gasteiger charge is -2.40. The lowest BCUT2D eigenvalue weighted by molar-refractivity contribution is 0.0556. The van der Waals surface area contributed by atoms with Gasteiger partial charge in [0.05, 0.1) is 0 Å². The summed E-state index contributed by atoms with van der Waals surface area (Å²) in [6, 6.07) is 12.0. The Kier molecular flexibility index (Phi) is 4.15. The number of hydrogen-bond donors (Lipinski definition) is 0. The van der Waals surface area contributed by atoms with Crippen molar-refractivity contribution in [3.63, 3.8) is 0 Å². The summed E-state index contributed by atoms with van der Waals surface area (Å²) in [7, 11) is 0. The molecule has 1 atom stereocenters. The van der Waals surface area contributed by atoms with Crippen LogP contribution < -0.4 is 4.90 Å². The smallest absolute Gasteiger partial charge is 0.253 e. The number of hydrogen-bond acceptors (Lipinski definition) is 3. The molecule has 0 radical (unpaired) electrons. The van der Waals surface area contributed by atoms with Gasteiger partial charge in [0.1, 0.15) is 11.6 Å². The van der Waals surface area contributed by atoms with Crippen LogP contribution in [0.5, 0.6) is 0 Å². The van der Waals surface area contributed by atoms with E-state index in [9.17, 15) is 9.18 Å². The van der Waals surface area contributed by atoms with Crippen LogP contribution in [-0.2, 0) is 0 Å². The quantitative estimate of drug-likeness (QED) is 0.842. The molecule has 2 fully saturated rings. The molecule has 2 saturated heterocycles. The number of benzene rings is 1. The molecule has 25 heavy (non-hydrogen) atoms. The average molecular weight is 339 g/mol. The topological polar surface area (TPSA) is 36.4 Å². The van der Waals surface area contributed by atoms with Crippen LogP contribution in [-0.4, -0.2) is 42.0 Å². The maximum absolute atomic E-state index is 13.4. The fourth-order valence-corrected chi connectivity index (χ4v) is 4.19. The van der Waals surface area contributed by atoms with Crippen molar-refractivity contribution in [3.05, 3.63) is 60.0 Å². The Labute approximate surface area is 147 Å². The third-order valence-corrected chi connectivity index (χ3v) is 5.43. The number of halogens is 1. The second-order valence-electron chi connectivity index (χ2n) is 7.20. The molecule has 130 valence electrons. The van der Waals surface area contributed by atoms with E-state index < -0.39 is 0 Å². The molecule has 0 saturated carbocycles. The van der Waals surface area contributed by atoms with Crippen LogP contribution in [0.25, 0.3) is 0 Å². The van der Waals surface area contributed by atoms with Crippen molar-refractivity contribution < 1.29 is 9.18 Å². The molecule has 0 unspecified atom stereocenters. The fraction of sp³-hybridized carbons (Fsp3) is 0.400. The van der Waals surface area contributed by atoms with Crippen LogP contribution in [0.3, 0.4) is 0 Å². The van der Waals surface area contributed by atoms with Crippen molar-refractivity contribution in [1.82, 2.24) is 9.88 Å². The number of likely N-dealkylation sites (tertiary alicyclic amines) is 1. The van der Waals surface area contributed by atoms with Crippen molar-refractivity contribution in [2.24, 2.45) is 5.41 Å². The standard InChI is InChI=1S/C20H22FN3O/c21-17-6-3-5-16(13-17)19(25)24-11-4-8-20(15-24)9-12-23(14-20)18-7-1-2-10-22-18/h1-3,5-7,10,13H,4,8-9,11-12,14-15H2/t20-/m0/s1. The number of rotatable bonds is 2. The molecule has 0 bridgehead atoms. The summed E-state index contributed by atoms with van der Waals surface area (Å²) in [5, 5.41) is 0. The van der Waals surface area contributed by atoms with Crippen LogP contribution in [0.15, 0.2) is 48.7 Å². The van der Waals surface area contributed by atoms with Gasteiger partial charge in [-0.2, -0.15) is 0 Å². The van der Waals surface area contributed by atoms with E-state index >= 15 is 0 Å².